The molecule has 0 spiro atoms. The predicted octanol–water partition coefficient (Wildman–Crippen LogP) is -0.0905. The van der Waals surface area contributed by atoms with Gasteiger partial charge >= 0.3 is 0 Å². The van der Waals surface area contributed by atoms with Gasteiger partial charge in [0.2, 0.25) is 5.91 Å². The van der Waals surface area contributed by atoms with Crippen molar-refractivity contribution in [1.29, 1.82) is 0 Å². The average Bonchev–Trinajstić information content (AvgIpc) is 3.24. The van der Waals surface area contributed by atoms with Gasteiger partial charge in [-0.25, -0.2) is 9.67 Å². The van der Waals surface area contributed by atoms with Gasteiger partial charge in [0.05, 0.1) is 17.1 Å². The molecule has 1 amide bonds. The van der Waals surface area contributed by atoms with Crippen LogP contribution < -0.4 is 10.2 Å². The Morgan fingerprint density at radius 2 is 2.20 bits per heavy atom. The summed E-state index contributed by atoms with van der Waals surface area (Å²) < 4.78 is 1.38. The molecule has 1 aliphatic heterocycles. The second-order valence-corrected chi connectivity index (χ2v) is 7.12. The summed E-state index contributed by atoms with van der Waals surface area (Å²) in [5.41, 5.74) is 2.46. The first-order chi connectivity index (χ1) is 12.3. The molecule has 4 rings (SSSR count). The van der Waals surface area contributed by atoms with Crippen LogP contribution in [0.2, 0.25) is 0 Å². The third-order valence-corrected chi connectivity index (χ3v) is 5.16. The monoisotopic (exact) mass is 356 g/mol. The number of carbonyl (C=O) groups is 1. The van der Waals surface area contributed by atoms with Gasteiger partial charge in [-0.15, -0.1) is 5.10 Å². The first kappa shape index (κ1) is 15.9. The zero-order valence-electron chi connectivity index (χ0n) is 13.6. The molecule has 1 aromatic carbocycles. The second kappa shape index (κ2) is 7.08. The van der Waals surface area contributed by atoms with Crippen molar-refractivity contribution < 1.29 is 9.69 Å². The first-order valence-corrected chi connectivity index (χ1v) is 8.94. The smallest absolute Gasteiger partial charge is 0.248 e. The first-order valence-electron chi connectivity index (χ1n) is 8.13. The van der Waals surface area contributed by atoms with E-state index in [9.17, 15) is 4.79 Å². The Labute approximate surface area is 148 Å². The van der Waals surface area contributed by atoms with Gasteiger partial charge in [0, 0.05) is 12.0 Å². The van der Waals surface area contributed by atoms with Crippen molar-refractivity contribution in [3.8, 4) is 0 Å². The molecule has 128 valence electrons. The van der Waals surface area contributed by atoms with Gasteiger partial charge < -0.3 is 10.2 Å². The molecule has 1 atom stereocenters. The van der Waals surface area contributed by atoms with Crippen molar-refractivity contribution in [2.24, 2.45) is 0 Å². The average molecular weight is 356 g/mol. The Bertz CT molecular complexity index is 847. The number of hydrogen-bond acceptors (Lipinski definition) is 6. The van der Waals surface area contributed by atoms with Crippen LogP contribution in [-0.2, 0) is 30.8 Å². The molecule has 3 aromatic rings. The molecular formula is C16H18N7OS+. The van der Waals surface area contributed by atoms with Crippen LogP contribution >= 0.6 is 11.3 Å². The number of carbonyl (C=O) groups excluding carboxylic acids is 1. The Balaban J connectivity index is 1.38. The number of nitrogens with zero attached hydrogens (tertiary/aromatic N) is 5. The number of aromatic nitrogens is 5. The topological polar surface area (TPSA) is 90.0 Å². The molecule has 0 saturated heterocycles. The molecule has 1 unspecified atom stereocenters. The summed E-state index contributed by atoms with van der Waals surface area (Å²) >= 11 is 1.57. The van der Waals surface area contributed by atoms with E-state index in [2.05, 4.69) is 50.1 Å². The highest BCUT2D eigenvalue weighted by Gasteiger charge is 2.24. The fourth-order valence-corrected chi connectivity index (χ4v) is 4.07. The van der Waals surface area contributed by atoms with Crippen LogP contribution in [0.25, 0.3) is 0 Å². The summed E-state index contributed by atoms with van der Waals surface area (Å²) in [6.45, 7) is 3.11. The highest BCUT2D eigenvalue weighted by molar-refractivity contribution is 7.15. The Morgan fingerprint density at radius 1 is 1.32 bits per heavy atom. The Hall–Kier alpha value is -2.65. The summed E-state index contributed by atoms with van der Waals surface area (Å²) in [6.07, 6.45) is 2.36. The molecule has 0 fully saturated rings. The number of thiazole rings is 1. The van der Waals surface area contributed by atoms with E-state index in [1.54, 1.807) is 11.3 Å². The lowest BCUT2D eigenvalue weighted by molar-refractivity contribution is -0.929. The molecule has 2 N–H and O–H groups in total. The minimum absolute atomic E-state index is 0.0859. The number of anilines is 1. The number of rotatable bonds is 5. The molecule has 0 saturated carbocycles. The van der Waals surface area contributed by atoms with E-state index in [-0.39, 0.29) is 12.5 Å². The van der Waals surface area contributed by atoms with E-state index in [4.69, 9.17) is 0 Å². The molecule has 25 heavy (non-hydrogen) atoms. The fraction of sp³-hybridized carbons (Fsp3) is 0.312. The van der Waals surface area contributed by atoms with Crippen molar-refractivity contribution in [3.05, 3.63) is 52.8 Å². The second-order valence-electron chi connectivity index (χ2n) is 6.03. The lowest BCUT2D eigenvalue weighted by Gasteiger charge is -2.22. The van der Waals surface area contributed by atoms with Crippen molar-refractivity contribution >= 4 is 22.4 Å². The number of fused-ring (bicyclic) bond motifs is 1. The summed E-state index contributed by atoms with van der Waals surface area (Å²) in [4.78, 5) is 19.4. The van der Waals surface area contributed by atoms with Crippen LogP contribution in [-0.4, -0.2) is 37.6 Å². The zero-order chi connectivity index (χ0) is 17.1. The minimum Gasteiger partial charge on any atom is -0.326 e. The van der Waals surface area contributed by atoms with Crippen molar-refractivity contribution in [2.45, 2.75) is 26.1 Å². The van der Waals surface area contributed by atoms with E-state index in [1.165, 1.54) is 26.3 Å². The van der Waals surface area contributed by atoms with Crippen LogP contribution in [0, 0.1) is 0 Å². The zero-order valence-corrected chi connectivity index (χ0v) is 14.4. The number of amides is 1. The number of tetrazole rings is 1. The molecule has 0 aliphatic carbocycles. The quantitative estimate of drug-likeness (QED) is 0.667. The minimum atomic E-state index is -0.174. The molecule has 0 radical (unpaired) electrons. The van der Waals surface area contributed by atoms with Crippen LogP contribution in [0.4, 0.5) is 5.13 Å². The third-order valence-electron chi connectivity index (χ3n) is 4.14. The number of hydrogen-bond donors (Lipinski definition) is 2. The SMILES string of the molecule is O=C(Cn1cnnn1)Nc1nc2c(s1)C[NH+](Cc1ccccc1)CC2. The third kappa shape index (κ3) is 3.89. The van der Waals surface area contributed by atoms with Crippen LogP contribution in [0.3, 0.4) is 0 Å². The van der Waals surface area contributed by atoms with E-state index in [1.807, 2.05) is 6.07 Å². The number of benzene rings is 1. The van der Waals surface area contributed by atoms with Crippen molar-refractivity contribution in [2.75, 3.05) is 11.9 Å². The Kier molecular flexibility index (Phi) is 4.49. The normalized spacial score (nSPS) is 16.4. The van der Waals surface area contributed by atoms with Crippen molar-refractivity contribution in [3.63, 3.8) is 0 Å². The van der Waals surface area contributed by atoms with Gasteiger partial charge in [-0.2, -0.15) is 0 Å². The van der Waals surface area contributed by atoms with Crippen LogP contribution in [0.15, 0.2) is 36.7 Å². The van der Waals surface area contributed by atoms with E-state index in [0.29, 0.717) is 5.13 Å². The maximum Gasteiger partial charge on any atom is 0.248 e. The van der Waals surface area contributed by atoms with E-state index in [0.717, 1.165) is 31.7 Å². The molecule has 1 aliphatic rings. The summed E-state index contributed by atoms with van der Waals surface area (Å²) in [5, 5.41) is 14.2. The van der Waals surface area contributed by atoms with E-state index < -0.39 is 0 Å². The fourth-order valence-electron chi connectivity index (χ4n) is 2.97. The van der Waals surface area contributed by atoms with Gasteiger partial charge in [0.15, 0.2) is 5.13 Å². The molecule has 8 nitrogen and oxygen atoms in total. The summed E-state index contributed by atoms with van der Waals surface area (Å²) in [6, 6.07) is 10.5. The highest BCUT2D eigenvalue weighted by Crippen LogP contribution is 2.24. The van der Waals surface area contributed by atoms with Gasteiger partial charge in [-0.05, 0) is 10.4 Å². The van der Waals surface area contributed by atoms with Crippen LogP contribution in [0.5, 0.6) is 0 Å². The maximum atomic E-state index is 12.0. The maximum absolute atomic E-state index is 12.0. The molecule has 9 heteroatoms. The van der Waals surface area contributed by atoms with Gasteiger partial charge in [0.1, 0.15) is 26.0 Å². The summed E-state index contributed by atoms with van der Waals surface area (Å²) in [5.74, 6) is -0.174. The number of nitrogens with one attached hydrogen (secondary N) is 2. The largest absolute Gasteiger partial charge is 0.326 e. The highest BCUT2D eigenvalue weighted by atomic mass is 32.1. The molecule has 0 bridgehead atoms. The van der Waals surface area contributed by atoms with Crippen LogP contribution in [0.1, 0.15) is 16.1 Å². The molecular weight excluding hydrogens is 338 g/mol. The number of quaternary nitrogens is 1. The van der Waals surface area contributed by atoms with Crippen molar-refractivity contribution in [1.82, 2.24) is 25.2 Å². The lowest BCUT2D eigenvalue weighted by Crippen LogP contribution is -3.10. The van der Waals surface area contributed by atoms with Gasteiger partial charge in [-0.1, -0.05) is 41.7 Å². The van der Waals surface area contributed by atoms with E-state index >= 15 is 0 Å². The van der Waals surface area contributed by atoms with Gasteiger partial charge in [-0.3, -0.25) is 4.79 Å². The lowest BCUT2D eigenvalue weighted by atomic mass is 10.1. The Morgan fingerprint density at radius 3 is 3.00 bits per heavy atom. The van der Waals surface area contributed by atoms with Gasteiger partial charge in [0.25, 0.3) is 0 Å². The predicted molar refractivity (Wildman–Crippen MR) is 91.9 cm³/mol. The molecule has 2 aromatic heterocycles. The molecule has 3 heterocycles. The summed E-state index contributed by atoms with van der Waals surface area (Å²) in [7, 11) is 0. The standard InChI is InChI=1S/C16H17N7OS/c24-15(10-23-11-17-20-21-23)19-16-18-13-6-7-22(9-14(13)25-16)8-12-4-2-1-3-5-12/h1-5,11H,6-10H2,(H,18,19,24)/p+1.